The second-order valence-electron chi connectivity index (χ2n) is 7.84. The fourth-order valence-corrected chi connectivity index (χ4v) is 4.40. The van der Waals surface area contributed by atoms with Gasteiger partial charge in [-0.2, -0.15) is 0 Å². The summed E-state index contributed by atoms with van der Waals surface area (Å²) in [4.78, 5) is 28.7. The third kappa shape index (κ3) is 6.01. The fourth-order valence-electron chi connectivity index (χ4n) is 3.56. The molecule has 1 fully saturated rings. The van der Waals surface area contributed by atoms with E-state index in [-0.39, 0.29) is 24.5 Å². The second-order valence-corrected chi connectivity index (χ2v) is 9.13. The number of piperidine rings is 1. The summed E-state index contributed by atoms with van der Waals surface area (Å²) < 4.78 is 0. The average Bonchev–Trinajstić information content (AvgIpc) is 3.13. The van der Waals surface area contributed by atoms with Crippen molar-refractivity contribution in [2.75, 3.05) is 13.1 Å². The van der Waals surface area contributed by atoms with Crippen molar-refractivity contribution in [3.63, 3.8) is 0 Å². The highest BCUT2D eigenvalue weighted by molar-refractivity contribution is 7.14. The van der Waals surface area contributed by atoms with Crippen LogP contribution in [0.1, 0.15) is 58.3 Å². The predicted molar refractivity (Wildman–Crippen MR) is 115 cm³/mol. The van der Waals surface area contributed by atoms with E-state index in [0.29, 0.717) is 6.54 Å². The number of carbonyl (C=O) groups is 2. The van der Waals surface area contributed by atoms with Crippen LogP contribution in [0.3, 0.4) is 0 Å². The van der Waals surface area contributed by atoms with Gasteiger partial charge < -0.3 is 5.32 Å². The van der Waals surface area contributed by atoms with Gasteiger partial charge in [-0.3, -0.25) is 14.5 Å². The molecule has 0 spiro atoms. The summed E-state index contributed by atoms with van der Waals surface area (Å²) in [7, 11) is 0. The smallest absolute Gasteiger partial charge is 0.220 e. The summed E-state index contributed by atoms with van der Waals surface area (Å²) in [6.45, 7) is 8.06. The number of thiophene rings is 1. The first kappa shape index (κ1) is 20.7. The van der Waals surface area contributed by atoms with Crippen molar-refractivity contribution in [2.24, 2.45) is 5.92 Å². The molecule has 4 nitrogen and oxygen atoms in total. The summed E-state index contributed by atoms with van der Waals surface area (Å²) in [5.74, 6) is 0.808. The van der Waals surface area contributed by atoms with Crippen molar-refractivity contribution in [1.29, 1.82) is 0 Å². The molecule has 5 heteroatoms. The lowest BCUT2D eigenvalue weighted by Crippen LogP contribution is -2.33. The standard InChI is InChI=1S/C23H30N2O2S/c1-17-11-13-25(14-12-17)16-20-6-4-3-5-19(20)15-24-23(27)10-8-21(26)22-9-7-18(2)28-22/h3-7,9,17H,8,10-16H2,1-2H3,(H,24,27). The zero-order valence-electron chi connectivity index (χ0n) is 16.9. The Bertz CT molecular complexity index is 806. The van der Waals surface area contributed by atoms with Crippen molar-refractivity contribution in [3.05, 3.63) is 57.3 Å². The van der Waals surface area contributed by atoms with Gasteiger partial charge in [0.25, 0.3) is 0 Å². The van der Waals surface area contributed by atoms with Crippen LogP contribution in [0.25, 0.3) is 0 Å². The molecule has 1 N–H and O–H groups in total. The second kappa shape index (κ2) is 9.99. The molecule has 0 atom stereocenters. The maximum absolute atomic E-state index is 12.2. The van der Waals surface area contributed by atoms with Gasteiger partial charge in [-0.05, 0) is 62.0 Å². The van der Waals surface area contributed by atoms with Crippen LogP contribution < -0.4 is 5.32 Å². The van der Waals surface area contributed by atoms with Gasteiger partial charge >= 0.3 is 0 Å². The number of nitrogens with one attached hydrogen (secondary N) is 1. The Balaban J connectivity index is 1.47. The van der Waals surface area contributed by atoms with E-state index in [0.717, 1.165) is 40.9 Å². The average molecular weight is 399 g/mol. The van der Waals surface area contributed by atoms with Crippen LogP contribution in [0.5, 0.6) is 0 Å². The summed E-state index contributed by atoms with van der Waals surface area (Å²) in [5, 5.41) is 2.99. The van der Waals surface area contributed by atoms with Crippen LogP contribution >= 0.6 is 11.3 Å². The van der Waals surface area contributed by atoms with Crippen molar-refractivity contribution in [1.82, 2.24) is 10.2 Å². The Hall–Kier alpha value is -1.98. The van der Waals surface area contributed by atoms with Gasteiger partial charge in [0.15, 0.2) is 5.78 Å². The Morgan fingerprint density at radius 2 is 1.79 bits per heavy atom. The van der Waals surface area contributed by atoms with Gasteiger partial charge in [0, 0.05) is 30.8 Å². The highest BCUT2D eigenvalue weighted by atomic mass is 32.1. The largest absolute Gasteiger partial charge is 0.352 e. The molecule has 1 aromatic carbocycles. The summed E-state index contributed by atoms with van der Waals surface area (Å²) in [6, 6.07) is 12.1. The van der Waals surface area contributed by atoms with Gasteiger partial charge in [0.1, 0.15) is 0 Å². The lowest BCUT2D eigenvalue weighted by molar-refractivity contribution is -0.121. The lowest BCUT2D eigenvalue weighted by atomic mass is 9.98. The quantitative estimate of drug-likeness (QED) is 0.663. The molecule has 1 aromatic heterocycles. The molecule has 3 rings (SSSR count). The Morgan fingerprint density at radius 1 is 1.07 bits per heavy atom. The third-order valence-electron chi connectivity index (χ3n) is 5.46. The van der Waals surface area contributed by atoms with Crippen LogP contribution in [0.15, 0.2) is 36.4 Å². The molecular weight excluding hydrogens is 368 g/mol. The molecule has 150 valence electrons. The highest BCUT2D eigenvalue weighted by Crippen LogP contribution is 2.20. The molecule has 0 bridgehead atoms. The molecule has 0 aliphatic carbocycles. The monoisotopic (exact) mass is 398 g/mol. The number of aryl methyl sites for hydroxylation is 1. The van der Waals surface area contributed by atoms with Gasteiger partial charge in [-0.1, -0.05) is 31.2 Å². The number of rotatable bonds is 8. The maximum atomic E-state index is 12.2. The van der Waals surface area contributed by atoms with Gasteiger partial charge in [0.2, 0.25) is 5.91 Å². The van der Waals surface area contributed by atoms with E-state index in [4.69, 9.17) is 0 Å². The number of ketones is 1. The third-order valence-corrected chi connectivity index (χ3v) is 6.50. The summed E-state index contributed by atoms with van der Waals surface area (Å²) in [5.41, 5.74) is 2.44. The van der Waals surface area contributed by atoms with E-state index in [9.17, 15) is 9.59 Å². The molecule has 0 radical (unpaired) electrons. The van der Waals surface area contributed by atoms with Crippen LogP contribution in [0.2, 0.25) is 0 Å². The number of hydrogen-bond donors (Lipinski definition) is 1. The first-order valence-corrected chi connectivity index (χ1v) is 11.0. The first-order chi connectivity index (χ1) is 13.5. The molecule has 1 aliphatic heterocycles. The van der Waals surface area contributed by atoms with Crippen molar-refractivity contribution in [2.45, 2.75) is 52.6 Å². The van der Waals surface area contributed by atoms with E-state index < -0.39 is 0 Å². The van der Waals surface area contributed by atoms with Crippen LogP contribution in [-0.2, 0) is 17.9 Å². The number of Topliss-reactive ketones (excluding diaryl/α,β-unsaturated/α-hetero) is 1. The van der Waals surface area contributed by atoms with E-state index in [1.807, 2.05) is 25.1 Å². The lowest BCUT2D eigenvalue weighted by Gasteiger charge is -2.30. The number of likely N-dealkylation sites (tertiary alicyclic amines) is 1. The normalized spacial score (nSPS) is 15.5. The van der Waals surface area contributed by atoms with Crippen molar-refractivity contribution >= 4 is 23.0 Å². The first-order valence-electron chi connectivity index (χ1n) is 10.2. The molecule has 0 saturated carbocycles. The fraction of sp³-hybridized carbons (Fsp3) is 0.478. The number of benzene rings is 1. The zero-order chi connectivity index (χ0) is 19.9. The van der Waals surface area contributed by atoms with E-state index in [1.54, 1.807) is 0 Å². The summed E-state index contributed by atoms with van der Waals surface area (Å²) >= 11 is 1.49. The number of nitrogens with zero attached hydrogens (tertiary/aromatic N) is 1. The molecule has 1 amide bonds. The number of amides is 1. The highest BCUT2D eigenvalue weighted by Gasteiger charge is 2.17. The predicted octanol–water partition coefficient (Wildman–Crippen LogP) is 4.57. The Morgan fingerprint density at radius 3 is 2.46 bits per heavy atom. The van der Waals surface area contributed by atoms with Crippen molar-refractivity contribution < 1.29 is 9.59 Å². The zero-order valence-corrected chi connectivity index (χ0v) is 17.7. The van der Waals surface area contributed by atoms with Gasteiger partial charge in [-0.15, -0.1) is 11.3 Å². The van der Waals surface area contributed by atoms with Crippen LogP contribution in [0, 0.1) is 12.8 Å². The van der Waals surface area contributed by atoms with E-state index in [1.165, 1.54) is 29.7 Å². The minimum atomic E-state index is -0.0665. The summed E-state index contributed by atoms with van der Waals surface area (Å²) in [6.07, 6.45) is 3.02. The Labute approximate surface area is 172 Å². The van der Waals surface area contributed by atoms with Crippen molar-refractivity contribution in [3.8, 4) is 0 Å². The molecule has 1 saturated heterocycles. The molecule has 28 heavy (non-hydrogen) atoms. The molecule has 2 aromatic rings. The minimum Gasteiger partial charge on any atom is -0.352 e. The Kier molecular flexibility index (Phi) is 7.40. The SMILES string of the molecule is Cc1ccc(C(=O)CCC(=O)NCc2ccccc2CN2CCC(C)CC2)s1. The number of hydrogen-bond acceptors (Lipinski definition) is 4. The number of carbonyl (C=O) groups excluding carboxylic acids is 2. The molecule has 2 heterocycles. The maximum Gasteiger partial charge on any atom is 0.220 e. The van der Waals surface area contributed by atoms with E-state index >= 15 is 0 Å². The molecular formula is C23H30N2O2S. The van der Waals surface area contributed by atoms with Gasteiger partial charge in [-0.25, -0.2) is 0 Å². The van der Waals surface area contributed by atoms with E-state index in [2.05, 4.69) is 35.3 Å². The topological polar surface area (TPSA) is 49.4 Å². The van der Waals surface area contributed by atoms with Crippen LogP contribution in [0.4, 0.5) is 0 Å². The molecule has 1 aliphatic rings. The molecule has 0 unspecified atom stereocenters. The minimum absolute atomic E-state index is 0.0491. The van der Waals surface area contributed by atoms with Gasteiger partial charge in [0.05, 0.1) is 4.88 Å². The van der Waals surface area contributed by atoms with Crippen LogP contribution in [-0.4, -0.2) is 29.7 Å².